The molecule has 1 N–H and O–H groups in total. The first kappa shape index (κ1) is 13.1. The molecule has 1 heterocycles. The van der Waals surface area contributed by atoms with Crippen LogP contribution < -0.4 is 5.56 Å². The van der Waals surface area contributed by atoms with Crippen molar-refractivity contribution in [3.05, 3.63) is 76.2 Å². The van der Waals surface area contributed by atoms with Crippen LogP contribution in [0.4, 0.5) is 0 Å². The second kappa shape index (κ2) is 5.20. The molecular formula is C16H12N2O3. The normalized spacial score (nSPS) is 10.7. The van der Waals surface area contributed by atoms with E-state index in [2.05, 4.69) is 4.98 Å². The number of aromatic carboxylic acids is 1. The van der Waals surface area contributed by atoms with Gasteiger partial charge in [-0.3, -0.25) is 4.79 Å². The molecule has 0 bridgehead atoms. The van der Waals surface area contributed by atoms with Crippen molar-refractivity contribution in [2.45, 2.75) is 6.54 Å². The lowest BCUT2D eigenvalue weighted by atomic mass is 10.1. The lowest BCUT2D eigenvalue weighted by molar-refractivity contribution is 0.0697. The number of carbonyl (C=O) groups is 1. The molecule has 0 unspecified atom stereocenters. The number of carboxylic acid groups (broad SMARTS) is 1. The maximum atomic E-state index is 12.0. The van der Waals surface area contributed by atoms with Gasteiger partial charge in [-0.2, -0.15) is 0 Å². The van der Waals surface area contributed by atoms with E-state index in [0.29, 0.717) is 6.54 Å². The van der Waals surface area contributed by atoms with Crippen molar-refractivity contribution in [2.75, 3.05) is 0 Å². The average Bonchev–Trinajstić information content (AvgIpc) is 2.51. The Morgan fingerprint density at radius 2 is 1.81 bits per heavy atom. The van der Waals surface area contributed by atoms with Crippen molar-refractivity contribution in [1.29, 1.82) is 0 Å². The summed E-state index contributed by atoms with van der Waals surface area (Å²) in [6.45, 7) is 0.377. The molecule has 1 aromatic heterocycles. The van der Waals surface area contributed by atoms with E-state index in [1.165, 1.54) is 18.3 Å². The SMILES string of the molecule is O=C(O)c1ccc(Cn2c(=O)cnc3ccccc32)cc1. The molecule has 3 aromatic rings. The minimum absolute atomic E-state index is 0.184. The first-order valence-corrected chi connectivity index (χ1v) is 6.42. The van der Waals surface area contributed by atoms with Gasteiger partial charge in [0.1, 0.15) is 0 Å². The smallest absolute Gasteiger partial charge is 0.335 e. The van der Waals surface area contributed by atoms with Crippen LogP contribution in [0.15, 0.2) is 59.5 Å². The minimum Gasteiger partial charge on any atom is -0.478 e. The van der Waals surface area contributed by atoms with Crippen molar-refractivity contribution in [3.8, 4) is 0 Å². The van der Waals surface area contributed by atoms with Gasteiger partial charge in [-0.25, -0.2) is 9.78 Å². The van der Waals surface area contributed by atoms with Gasteiger partial charge in [-0.15, -0.1) is 0 Å². The number of aromatic nitrogens is 2. The van der Waals surface area contributed by atoms with Gasteiger partial charge < -0.3 is 9.67 Å². The lowest BCUT2D eigenvalue weighted by Crippen LogP contribution is -2.21. The number of rotatable bonds is 3. The molecule has 0 atom stereocenters. The van der Waals surface area contributed by atoms with Gasteiger partial charge in [0.25, 0.3) is 5.56 Å². The minimum atomic E-state index is -0.965. The number of hydrogen-bond acceptors (Lipinski definition) is 3. The van der Waals surface area contributed by atoms with Gasteiger partial charge >= 0.3 is 5.97 Å². The number of hydrogen-bond donors (Lipinski definition) is 1. The third-order valence-corrected chi connectivity index (χ3v) is 3.29. The average molecular weight is 280 g/mol. The maximum absolute atomic E-state index is 12.0. The van der Waals surface area contributed by atoms with Crippen LogP contribution in [-0.2, 0) is 6.54 Å². The van der Waals surface area contributed by atoms with Gasteiger partial charge in [0.2, 0.25) is 0 Å². The van der Waals surface area contributed by atoms with Crippen molar-refractivity contribution in [2.24, 2.45) is 0 Å². The maximum Gasteiger partial charge on any atom is 0.335 e. The number of carboxylic acids is 1. The van der Waals surface area contributed by atoms with E-state index in [4.69, 9.17) is 5.11 Å². The van der Waals surface area contributed by atoms with Crippen molar-refractivity contribution in [1.82, 2.24) is 9.55 Å². The Balaban J connectivity index is 2.03. The van der Waals surface area contributed by atoms with Gasteiger partial charge in [-0.05, 0) is 29.8 Å². The third kappa shape index (κ3) is 2.53. The van der Waals surface area contributed by atoms with Gasteiger partial charge in [0, 0.05) is 0 Å². The Morgan fingerprint density at radius 3 is 2.52 bits per heavy atom. The fraction of sp³-hybridized carbons (Fsp3) is 0.0625. The Kier molecular flexibility index (Phi) is 3.23. The molecule has 5 nitrogen and oxygen atoms in total. The van der Waals surface area contributed by atoms with Crippen molar-refractivity contribution < 1.29 is 9.90 Å². The van der Waals surface area contributed by atoms with Crippen molar-refractivity contribution in [3.63, 3.8) is 0 Å². The molecule has 0 spiro atoms. The molecule has 21 heavy (non-hydrogen) atoms. The molecule has 0 aliphatic rings. The Hall–Kier alpha value is -2.95. The third-order valence-electron chi connectivity index (χ3n) is 3.29. The number of fused-ring (bicyclic) bond motifs is 1. The van der Waals surface area contributed by atoms with E-state index in [0.717, 1.165) is 16.6 Å². The number of para-hydroxylation sites is 2. The lowest BCUT2D eigenvalue weighted by Gasteiger charge is -2.09. The van der Waals surface area contributed by atoms with Crippen LogP contribution >= 0.6 is 0 Å². The molecule has 0 saturated carbocycles. The van der Waals surface area contributed by atoms with E-state index in [9.17, 15) is 9.59 Å². The molecule has 3 rings (SSSR count). The predicted octanol–water partition coefficient (Wildman–Crippen LogP) is 2.14. The second-order valence-electron chi connectivity index (χ2n) is 4.67. The summed E-state index contributed by atoms with van der Waals surface area (Å²) in [7, 11) is 0. The summed E-state index contributed by atoms with van der Waals surface area (Å²) in [5, 5.41) is 8.89. The first-order valence-electron chi connectivity index (χ1n) is 6.42. The standard InChI is InChI=1S/C16H12N2O3/c19-15-9-17-13-3-1-2-4-14(13)18(15)10-11-5-7-12(8-6-11)16(20)21/h1-9H,10H2,(H,20,21). The van der Waals surface area contributed by atoms with E-state index in [-0.39, 0.29) is 11.1 Å². The number of nitrogens with zero attached hydrogens (tertiary/aromatic N) is 2. The van der Waals surface area contributed by atoms with E-state index >= 15 is 0 Å². The zero-order chi connectivity index (χ0) is 14.8. The van der Waals surface area contributed by atoms with Crippen LogP contribution in [0.2, 0.25) is 0 Å². The molecule has 0 fully saturated rings. The van der Waals surface area contributed by atoms with E-state index < -0.39 is 5.97 Å². The molecule has 104 valence electrons. The quantitative estimate of drug-likeness (QED) is 0.797. The van der Waals surface area contributed by atoms with Crippen molar-refractivity contribution >= 4 is 17.0 Å². The fourth-order valence-corrected chi connectivity index (χ4v) is 2.21. The Labute approximate surface area is 120 Å². The van der Waals surface area contributed by atoms with Crippen LogP contribution in [0.3, 0.4) is 0 Å². The molecule has 0 amide bonds. The van der Waals surface area contributed by atoms with Crippen LogP contribution in [-0.4, -0.2) is 20.6 Å². The van der Waals surface area contributed by atoms with Crippen LogP contribution in [0.5, 0.6) is 0 Å². The fourth-order valence-electron chi connectivity index (χ4n) is 2.21. The molecule has 0 aliphatic heterocycles. The highest BCUT2D eigenvalue weighted by molar-refractivity contribution is 5.87. The summed E-state index contributed by atoms with van der Waals surface area (Å²) in [6.07, 6.45) is 1.30. The topological polar surface area (TPSA) is 72.2 Å². The van der Waals surface area contributed by atoms with Crippen LogP contribution in [0.25, 0.3) is 11.0 Å². The summed E-state index contributed by atoms with van der Waals surface area (Å²) in [4.78, 5) is 27.0. The van der Waals surface area contributed by atoms with Gasteiger partial charge in [0.05, 0.1) is 29.3 Å². The summed E-state index contributed by atoms with van der Waals surface area (Å²) < 4.78 is 1.62. The summed E-state index contributed by atoms with van der Waals surface area (Å²) in [5.74, 6) is -0.965. The Morgan fingerprint density at radius 1 is 1.10 bits per heavy atom. The molecule has 0 radical (unpaired) electrons. The zero-order valence-corrected chi connectivity index (χ0v) is 11.1. The highest BCUT2D eigenvalue weighted by Gasteiger charge is 2.06. The highest BCUT2D eigenvalue weighted by atomic mass is 16.4. The van der Waals surface area contributed by atoms with E-state index in [1.54, 1.807) is 16.7 Å². The molecule has 5 heteroatoms. The summed E-state index contributed by atoms with van der Waals surface area (Å²) in [5.41, 5.74) is 2.41. The highest BCUT2D eigenvalue weighted by Crippen LogP contribution is 2.11. The van der Waals surface area contributed by atoms with Gasteiger partial charge in [0.15, 0.2) is 0 Å². The first-order chi connectivity index (χ1) is 10.1. The molecular weight excluding hydrogens is 268 g/mol. The largest absolute Gasteiger partial charge is 0.478 e. The van der Waals surface area contributed by atoms with Crippen LogP contribution in [0, 0.1) is 0 Å². The molecule has 2 aromatic carbocycles. The van der Waals surface area contributed by atoms with E-state index in [1.807, 2.05) is 24.3 Å². The molecule has 0 saturated heterocycles. The zero-order valence-electron chi connectivity index (χ0n) is 11.1. The number of benzene rings is 2. The summed E-state index contributed by atoms with van der Waals surface area (Å²) >= 11 is 0. The second-order valence-corrected chi connectivity index (χ2v) is 4.67. The monoisotopic (exact) mass is 280 g/mol. The summed E-state index contributed by atoms with van der Waals surface area (Å²) in [6, 6.07) is 13.9. The van der Waals surface area contributed by atoms with Gasteiger partial charge in [-0.1, -0.05) is 24.3 Å². The predicted molar refractivity (Wildman–Crippen MR) is 78.5 cm³/mol. The Bertz CT molecular complexity index is 867. The van der Waals surface area contributed by atoms with Crippen LogP contribution in [0.1, 0.15) is 15.9 Å². The molecule has 0 aliphatic carbocycles.